The quantitative estimate of drug-likeness (QED) is 0.539. The molecule has 1 aliphatic rings. The molecule has 0 amide bonds. The number of nitrogens with zero attached hydrogens (tertiary/aromatic N) is 1. The molecule has 0 bridgehead atoms. The molecule has 1 heteroatoms. The molecule has 0 saturated carbocycles. The van der Waals surface area contributed by atoms with E-state index in [1.54, 1.807) is 0 Å². The zero-order valence-electron chi connectivity index (χ0n) is 8.84. The highest BCUT2D eigenvalue weighted by atomic mass is 15.1. The molecule has 12 heavy (non-hydrogen) atoms. The van der Waals surface area contributed by atoms with Crippen LogP contribution in [0.4, 0.5) is 0 Å². The van der Waals surface area contributed by atoms with Crippen molar-refractivity contribution in [3.8, 4) is 0 Å². The van der Waals surface area contributed by atoms with Crippen LogP contribution >= 0.6 is 0 Å². The highest BCUT2D eigenvalue weighted by Gasteiger charge is 2.14. The third kappa shape index (κ3) is 3.14. The van der Waals surface area contributed by atoms with Crippen LogP contribution in [0.2, 0.25) is 0 Å². The van der Waals surface area contributed by atoms with Gasteiger partial charge in [0.05, 0.1) is 0 Å². The maximum atomic E-state index is 2.52. The van der Waals surface area contributed by atoms with E-state index in [0.717, 1.165) is 12.0 Å². The highest BCUT2D eigenvalue weighted by molar-refractivity contribution is 4.69. The molecule has 72 valence electrons. The van der Waals surface area contributed by atoms with Gasteiger partial charge in [-0.05, 0) is 39.3 Å². The smallest absolute Gasteiger partial charge is 0.00664 e. The minimum absolute atomic E-state index is 0.790. The molecule has 0 aromatic heterocycles. The normalized spacial score (nSPS) is 35.2. The van der Waals surface area contributed by atoms with E-state index < -0.39 is 0 Å². The van der Waals surface area contributed by atoms with Crippen LogP contribution in [0.15, 0.2) is 0 Å². The standard InChI is InChI=1S/C11H23N/c1-10-7-5-4-6-8-12(3)11(2)9-10/h10-11H,4-9H2,1-3H3. The minimum atomic E-state index is 0.790. The summed E-state index contributed by atoms with van der Waals surface area (Å²) in [6, 6.07) is 0.790. The Bertz CT molecular complexity index is 122. The van der Waals surface area contributed by atoms with E-state index in [4.69, 9.17) is 0 Å². The van der Waals surface area contributed by atoms with Gasteiger partial charge < -0.3 is 4.90 Å². The van der Waals surface area contributed by atoms with Gasteiger partial charge in [0.1, 0.15) is 0 Å². The van der Waals surface area contributed by atoms with Crippen LogP contribution in [0.25, 0.3) is 0 Å². The fourth-order valence-electron chi connectivity index (χ4n) is 2.13. The van der Waals surface area contributed by atoms with E-state index in [1.807, 2.05) is 0 Å². The van der Waals surface area contributed by atoms with Crippen LogP contribution in [0.3, 0.4) is 0 Å². The Kier molecular flexibility index (Phi) is 4.07. The van der Waals surface area contributed by atoms with Crippen molar-refractivity contribution in [3.63, 3.8) is 0 Å². The van der Waals surface area contributed by atoms with Crippen molar-refractivity contribution < 1.29 is 0 Å². The molecule has 1 fully saturated rings. The molecular weight excluding hydrogens is 146 g/mol. The lowest BCUT2D eigenvalue weighted by Crippen LogP contribution is -2.30. The fourth-order valence-corrected chi connectivity index (χ4v) is 2.13. The SMILES string of the molecule is CC1CCCCCN(C)C(C)C1. The first-order chi connectivity index (χ1) is 5.70. The van der Waals surface area contributed by atoms with Crippen LogP contribution in [0.1, 0.15) is 46.0 Å². The average Bonchev–Trinajstić information content (AvgIpc) is 2.07. The first-order valence-corrected chi connectivity index (χ1v) is 5.40. The molecule has 1 aliphatic heterocycles. The highest BCUT2D eigenvalue weighted by Crippen LogP contribution is 2.19. The third-order valence-electron chi connectivity index (χ3n) is 3.20. The van der Waals surface area contributed by atoms with Crippen molar-refractivity contribution in [1.29, 1.82) is 0 Å². The van der Waals surface area contributed by atoms with E-state index in [9.17, 15) is 0 Å². The van der Waals surface area contributed by atoms with Crippen molar-refractivity contribution in [2.45, 2.75) is 52.0 Å². The summed E-state index contributed by atoms with van der Waals surface area (Å²) in [6.07, 6.45) is 7.10. The summed E-state index contributed by atoms with van der Waals surface area (Å²) >= 11 is 0. The molecule has 0 N–H and O–H groups in total. The zero-order chi connectivity index (χ0) is 8.97. The van der Waals surface area contributed by atoms with Gasteiger partial charge in [-0.1, -0.05) is 26.2 Å². The van der Waals surface area contributed by atoms with Gasteiger partial charge in [0.2, 0.25) is 0 Å². The van der Waals surface area contributed by atoms with Gasteiger partial charge in [0.15, 0.2) is 0 Å². The maximum Gasteiger partial charge on any atom is 0.00664 e. The van der Waals surface area contributed by atoms with Crippen molar-refractivity contribution in [2.24, 2.45) is 5.92 Å². The molecule has 0 aromatic rings. The number of hydrogen-bond acceptors (Lipinski definition) is 1. The van der Waals surface area contributed by atoms with E-state index >= 15 is 0 Å². The molecule has 2 unspecified atom stereocenters. The van der Waals surface area contributed by atoms with E-state index in [0.29, 0.717) is 0 Å². The molecule has 1 saturated heterocycles. The van der Waals surface area contributed by atoms with Gasteiger partial charge in [-0.15, -0.1) is 0 Å². The lowest BCUT2D eigenvalue weighted by molar-refractivity contribution is 0.228. The van der Waals surface area contributed by atoms with Crippen LogP contribution in [0, 0.1) is 5.92 Å². The first-order valence-electron chi connectivity index (χ1n) is 5.40. The van der Waals surface area contributed by atoms with Gasteiger partial charge >= 0.3 is 0 Å². The zero-order valence-corrected chi connectivity index (χ0v) is 8.84. The van der Waals surface area contributed by atoms with Crippen LogP contribution in [-0.2, 0) is 0 Å². The predicted molar refractivity (Wildman–Crippen MR) is 54.3 cm³/mol. The Morgan fingerprint density at radius 1 is 1.08 bits per heavy atom. The summed E-state index contributed by atoms with van der Waals surface area (Å²) in [5.74, 6) is 0.931. The molecule has 0 aliphatic carbocycles. The van der Waals surface area contributed by atoms with Gasteiger partial charge in [0.25, 0.3) is 0 Å². The average molecular weight is 169 g/mol. The van der Waals surface area contributed by atoms with E-state index in [-0.39, 0.29) is 0 Å². The second-order valence-corrected chi connectivity index (χ2v) is 4.52. The first kappa shape index (κ1) is 10.0. The summed E-state index contributed by atoms with van der Waals surface area (Å²) in [7, 11) is 2.27. The maximum absolute atomic E-state index is 2.52. The van der Waals surface area contributed by atoms with Crippen molar-refractivity contribution in [1.82, 2.24) is 4.90 Å². The topological polar surface area (TPSA) is 3.24 Å². The lowest BCUT2D eigenvalue weighted by atomic mass is 9.97. The molecule has 2 atom stereocenters. The van der Waals surface area contributed by atoms with Crippen LogP contribution in [-0.4, -0.2) is 24.5 Å². The molecule has 0 spiro atoms. The second kappa shape index (κ2) is 4.86. The van der Waals surface area contributed by atoms with Crippen molar-refractivity contribution in [2.75, 3.05) is 13.6 Å². The summed E-state index contributed by atoms with van der Waals surface area (Å²) < 4.78 is 0. The predicted octanol–water partition coefficient (Wildman–Crippen LogP) is 2.91. The minimum Gasteiger partial charge on any atom is -0.304 e. The van der Waals surface area contributed by atoms with E-state index in [1.165, 1.54) is 38.6 Å². The van der Waals surface area contributed by atoms with Crippen LogP contribution in [0.5, 0.6) is 0 Å². The Morgan fingerprint density at radius 2 is 1.83 bits per heavy atom. The summed E-state index contributed by atoms with van der Waals surface area (Å²) in [6.45, 7) is 6.06. The second-order valence-electron chi connectivity index (χ2n) is 4.52. The molecule has 1 nitrogen and oxygen atoms in total. The monoisotopic (exact) mass is 169 g/mol. The van der Waals surface area contributed by atoms with E-state index in [2.05, 4.69) is 25.8 Å². The molecule has 0 aromatic carbocycles. The largest absolute Gasteiger partial charge is 0.304 e. The molecule has 1 rings (SSSR count). The third-order valence-corrected chi connectivity index (χ3v) is 3.20. The Morgan fingerprint density at radius 3 is 2.58 bits per heavy atom. The Hall–Kier alpha value is -0.0400. The van der Waals surface area contributed by atoms with Gasteiger partial charge in [-0.3, -0.25) is 0 Å². The van der Waals surface area contributed by atoms with Gasteiger partial charge in [0, 0.05) is 6.04 Å². The fraction of sp³-hybridized carbons (Fsp3) is 1.00. The molecule has 0 radical (unpaired) electrons. The summed E-state index contributed by atoms with van der Waals surface area (Å²) in [5.41, 5.74) is 0. The van der Waals surface area contributed by atoms with Crippen LogP contribution < -0.4 is 0 Å². The summed E-state index contributed by atoms with van der Waals surface area (Å²) in [4.78, 5) is 2.52. The molecule has 1 heterocycles. The van der Waals surface area contributed by atoms with Crippen molar-refractivity contribution in [3.05, 3.63) is 0 Å². The molecular formula is C11H23N. The Balaban J connectivity index is 2.40. The number of hydrogen-bond donors (Lipinski definition) is 0. The number of rotatable bonds is 0. The lowest BCUT2D eigenvalue weighted by Gasteiger charge is -2.25. The van der Waals surface area contributed by atoms with Gasteiger partial charge in [-0.25, -0.2) is 0 Å². The Labute approximate surface area is 77.1 Å². The van der Waals surface area contributed by atoms with Crippen molar-refractivity contribution >= 4 is 0 Å². The summed E-state index contributed by atoms with van der Waals surface area (Å²) in [5, 5.41) is 0. The van der Waals surface area contributed by atoms with Gasteiger partial charge in [-0.2, -0.15) is 0 Å².